The van der Waals surface area contributed by atoms with Crippen LogP contribution in [0.5, 0.6) is 0 Å². The number of hydrogen-bond donors (Lipinski definition) is 5. The van der Waals surface area contributed by atoms with Crippen molar-refractivity contribution >= 4 is 29.6 Å². The van der Waals surface area contributed by atoms with Crippen molar-refractivity contribution in [2.24, 2.45) is 5.92 Å². The quantitative estimate of drug-likeness (QED) is 0.215. The summed E-state index contributed by atoms with van der Waals surface area (Å²) >= 11 is 0. The largest absolute Gasteiger partial charge is 0.481 e. The molecule has 2 heterocycles. The number of H-pyrrole nitrogens is 1. The highest BCUT2D eigenvalue weighted by atomic mass is 16.4. The Labute approximate surface area is 201 Å². The molecule has 1 aliphatic heterocycles. The van der Waals surface area contributed by atoms with Crippen LogP contribution in [-0.4, -0.2) is 97.3 Å². The lowest BCUT2D eigenvalue weighted by Crippen LogP contribution is -2.53. The molecule has 0 unspecified atom stereocenters. The number of tetrazole rings is 1. The first kappa shape index (κ1) is 27.2. The van der Waals surface area contributed by atoms with Gasteiger partial charge < -0.3 is 26.0 Å². The van der Waals surface area contributed by atoms with E-state index in [0.29, 0.717) is 12.2 Å². The van der Waals surface area contributed by atoms with E-state index in [9.17, 15) is 24.0 Å². The highest BCUT2D eigenvalue weighted by Crippen LogP contribution is 2.16. The summed E-state index contributed by atoms with van der Waals surface area (Å²) in [7, 11) is 1.54. The van der Waals surface area contributed by atoms with Crippen LogP contribution in [0.1, 0.15) is 38.9 Å². The number of carboxylic acids is 1. The van der Waals surface area contributed by atoms with Gasteiger partial charge in [-0.15, -0.1) is 10.2 Å². The Balaban J connectivity index is 1.99. The third-order valence-corrected chi connectivity index (χ3v) is 5.59. The number of likely N-dealkylation sites (N-methyl/N-ethyl adjacent to an activating group) is 1. The Morgan fingerprint density at radius 1 is 1.29 bits per heavy atom. The highest BCUT2D eigenvalue weighted by Gasteiger charge is 2.38. The van der Waals surface area contributed by atoms with Gasteiger partial charge in [0, 0.05) is 20.0 Å². The Hall–Kier alpha value is -4.04. The number of carboxylic acid groups (broad SMARTS) is 1. The lowest BCUT2D eigenvalue weighted by molar-refractivity contribution is -0.142. The molecule has 15 nitrogen and oxygen atoms in total. The minimum atomic E-state index is -1.12. The fourth-order valence-corrected chi connectivity index (χ4v) is 3.42. The van der Waals surface area contributed by atoms with Crippen LogP contribution in [0.15, 0.2) is 12.4 Å². The molecule has 192 valence electrons. The molecule has 3 atom stereocenters. The van der Waals surface area contributed by atoms with E-state index in [0.717, 1.165) is 0 Å². The summed E-state index contributed by atoms with van der Waals surface area (Å²) in [6.45, 7) is 7.14. The van der Waals surface area contributed by atoms with E-state index >= 15 is 0 Å². The van der Waals surface area contributed by atoms with Crippen molar-refractivity contribution in [2.45, 2.75) is 51.7 Å². The predicted molar refractivity (Wildman–Crippen MR) is 120 cm³/mol. The molecule has 15 heteroatoms. The van der Waals surface area contributed by atoms with Gasteiger partial charge in [0.25, 0.3) is 0 Å². The smallest absolute Gasteiger partial charge is 0.303 e. The van der Waals surface area contributed by atoms with E-state index in [-0.39, 0.29) is 43.6 Å². The molecule has 5 N–H and O–H groups in total. The molecule has 0 radical (unpaired) electrons. The maximum absolute atomic E-state index is 12.9. The molecule has 1 aromatic heterocycles. The van der Waals surface area contributed by atoms with Crippen molar-refractivity contribution in [1.29, 1.82) is 0 Å². The number of aliphatic carboxylic acids is 1. The monoisotopic (exact) mass is 493 g/mol. The van der Waals surface area contributed by atoms with Crippen LogP contribution in [-0.2, 0) is 30.5 Å². The van der Waals surface area contributed by atoms with Crippen LogP contribution in [0.2, 0.25) is 0 Å². The number of nitrogens with zero attached hydrogens (tertiary/aromatic N) is 5. The summed E-state index contributed by atoms with van der Waals surface area (Å²) in [5.41, 5.74) is 0. The minimum Gasteiger partial charge on any atom is -0.481 e. The SMILES string of the molecule is C=C1NC[C@@H](C(=O)N(C)Cc2nn[nH]n2)N1C(=O)CNC(=O)[C@@H](NC(=O)CCC(=O)O)[C@@H](C)CC. The van der Waals surface area contributed by atoms with Crippen molar-refractivity contribution < 1.29 is 29.1 Å². The molecule has 0 spiro atoms. The molecule has 2 rings (SSSR count). The van der Waals surface area contributed by atoms with Crippen LogP contribution in [0.4, 0.5) is 0 Å². The van der Waals surface area contributed by atoms with Gasteiger partial charge in [-0.25, -0.2) is 0 Å². The number of rotatable bonds is 12. The Morgan fingerprint density at radius 2 is 2.00 bits per heavy atom. The van der Waals surface area contributed by atoms with E-state index in [1.54, 1.807) is 6.92 Å². The van der Waals surface area contributed by atoms with Crippen molar-refractivity contribution in [1.82, 2.24) is 46.4 Å². The number of hydrogen-bond acceptors (Lipinski definition) is 9. The van der Waals surface area contributed by atoms with E-state index in [2.05, 4.69) is 43.2 Å². The number of amides is 4. The zero-order valence-corrected chi connectivity index (χ0v) is 19.9. The van der Waals surface area contributed by atoms with Crippen LogP contribution in [0.25, 0.3) is 0 Å². The van der Waals surface area contributed by atoms with E-state index < -0.39 is 42.3 Å². The molecule has 1 aromatic rings. The molecule has 1 aliphatic rings. The second-order valence-corrected chi connectivity index (χ2v) is 8.17. The number of carbonyl (C=O) groups excluding carboxylic acids is 4. The number of nitrogens with one attached hydrogen (secondary N) is 4. The van der Waals surface area contributed by atoms with Gasteiger partial charge in [0.15, 0.2) is 5.82 Å². The van der Waals surface area contributed by atoms with Crippen LogP contribution in [0, 0.1) is 5.92 Å². The van der Waals surface area contributed by atoms with Crippen LogP contribution in [0.3, 0.4) is 0 Å². The zero-order chi connectivity index (χ0) is 26.1. The van der Waals surface area contributed by atoms with Gasteiger partial charge in [-0.2, -0.15) is 5.21 Å². The first-order valence-corrected chi connectivity index (χ1v) is 11.1. The van der Waals surface area contributed by atoms with Gasteiger partial charge in [-0.1, -0.05) is 32.1 Å². The third-order valence-electron chi connectivity index (χ3n) is 5.59. The molecule has 1 fully saturated rings. The fraction of sp³-hybridized carbons (Fsp3) is 0.600. The van der Waals surface area contributed by atoms with Gasteiger partial charge in [0.1, 0.15) is 17.9 Å². The molecule has 0 aliphatic carbocycles. The van der Waals surface area contributed by atoms with Gasteiger partial charge in [-0.05, 0) is 5.92 Å². The van der Waals surface area contributed by atoms with E-state index in [1.165, 1.54) is 16.8 Å². The van der Waals surface area contributed by atoms with Crippen molar-refractivity contribution in [3.8, 4) is 0 Å². The molecule has 0 saturated carbocycles. The van der Waals surface area contributed by atoms with Crippen LogP contribution >= 0.6 is 0 Å². The van der Waals surface area contributed by atoms with Crippen molar-refractivity contribution in [3.63, 3.8) is 0 Å². The Morgan fingerprint density at radius 3 is 2.60 bits per heavy atom. The summed E-state index contributed by atoms with van der Waals surface area (Å²) < 4.78 is 0. The van der Waals surface area contributed by atoms with Gasteiger partial charge in [0.05, 0.1) is 19.5 Å². The third kappa shape index (κ3) is 7.48. The Bertz CT molecular complexity index is 951. The van der Waals surface area contributed by atoms with Crippen molar-refractivity contribution in [3.05, 3.63) is 18.2 Å². The van der Waals surface area contributed by atoms with E-state index in [1.807, 2.05) is 6.92 Å². The summed E-state index contributed by atoms with van der Waals surface area (Å²) in [5.74, 6) is -2.99. The second-order valence-electron chi connectivity index (χ2n) is 8.17. The lowest BCUT2D eigenvalue weighted by Gasteiger charge is -2.27. The number of carbonyl (C=O) groups is 5. The molecular formula is C20H31N9O6. The summed E-state index contributed by atoms with van der Waals surface area (Å²) in [4.78, 5) is 63.9. The highest BCUT2D eigenvalue weighted by molar-refractivity contribution is 5.94. The van der Waals surface area contributed by atoms with E-state index in [4.69, 9.17) is 5.11 Å². The standard InChI is InChI=1S/C20H31N9O6/c1-5-11(2)18(23-15(30)6-7-17(32)33)19(34)22-9-16(31)29-12(3)21-8-13(29)20(35)28(4)10-14-24-26-27-25-14/h11,13,18,21H,3,5-10H2,1-2,4H3,(H,22,34)(H,23,30)(H,32,33)(H,24,25,26,27)/t11-,13-,18-/m0/s1. The average molecular weight is 494 g/mol. The molecule has 0 bridgehead atoms. The minimum absolute atomic E-state index is 0.0786. The van der Waals surface area contributed by atoms with Gasteiger partial charge in [0.2, 0.25) is 23.6 Å². The summed E-state index contributed by atoms with van der Waals surface area (Å²) in [5, 5.41) is 30.0. The predicted octanol–water partition coefficient (Wildman–Crippen LogP) is -2.06. The molecule has 1 saturated heterocycles. The number of aromatic amines is 1. The zero-order valence-electron chi connectivity index (χ0n) is 19.9. The lowest BCUT2D eigenvalue weighted by atomic mass is 9.98. The normalized spacial score (nSPS) is 16.7. The summed E-state index contributed by atoms with van der Waals surface area (Å²) in [6.07, 6.45) is -0.0733. The number of aromatic nitrogens is 4. The van der Waals surface area contributed by atoms with Gasteiger partial charge >= 0.3 is 5.97 Å². The average Bonchev–Trinajstić information content (AvgIpc) is 3.47. The topological polar surface area (TPSA) is 203 Å². The molecule has 4 amide bonds. The molecule has 35 heavy (non-hydrogen) atoms. The molecular weight excluding hydrogens is 462 g/mol. The fourth-order valence-electron chi connectivity index (χ4n) is 3.42. The van der Waals surface area contributed by atoms with Gasteiger partial charge in [-0.3, -0.25) is 28.9 Å². The maximum atomic E-state index is 12.9. The Kier molecular flexibility index (Phi) is 9.66. The van der Waals surface area contributed by atoms with Crippen LogP contribution < -0.4 is 16.0 Å². The molecule has 0 aromatic carbocycles. The first-order valence-electron chi connectivity index (χ1n) is 11.1. The summed E-state index contributed by atoms with van der Waals surface area (Å²) in [6, 6.07) is -1.84. The van der Waals surface area contributed by atoms with Crippen molar-refractivity contribution in [2.75, 3.05) is 20.1 Å². The first-order chi connectivity index (χ1) is 16.5. The second kappa shape index (κ2) is 12.4. The maximum Gasteiger partial charge on any atom is 0.303 e.